The number of carbonyl (C=O) groups excluding carboxylic acids is 2. The molecule has 0 aromatic heterocycles. The van der Waals surface area contributed by atoms with Crippen LogP contribution in [0.1, 0.15) is 61.6 Å². The van der Waals surface area contributed by atoms with E-state index in [2.05, 4.69) is 22.8 Å². The van der Waals surface area contributed by atoms with Crippen molar-refractivity contribution in [1.29, 1.82) is 0 Å². The fraction of sp³-hybridized carbons (Fsp3) is 0.385. The lowest BCUT2D eigenvalue weighted by Crippen LogP contribution is -2.43. The summed E-state index contributed by atoms with van der Waals surface area (Å²) in [4.78, 5) is 25.4. The summed E-state index contributed by atoms with van der Waals surface area (Å²) in [6.45, 7) is 3.74. The molecule has 1 aliphatic carbocycles. The molecule has 4 rings (SSSR count). The Morgan fingerprint density at radius 1 is 1.06 bits per heavy atom. The largest absolute Gasteiger partial charge is 0.509 e. The van der Waals surface area contributed by atoms with Gasteiger partial charge in [-0.2, -0.15) is 0 Å². The third kappa shape index (κ3) is 4.50. The van der Waals surface area contributed by atoms with E-state index in [0.717, 1.165) is 11.1 Å². The van der Waals surface area contributed by atoms with Crippen LogP contribution in [-0.4, -0.2) is 22.5 Å². The Balaban J connectivity index is 1.47. The maximum atomic E-state index is 12.8. The average molecular weight is 419 g/mol. The molecule has 3 N–H and O–H groups in total. The highest BCUT2D eigenvalue weighted by atomic mass is 16.3. The van der Waals surface area contributed by atoms with Gasteiger partial charge in [-0.15, -0.1) is 0 Å². The Bertz CT molecular complexity index is 1000. The van der Waals surface area contributed by atoms with Gasteiger partial charge in [0.15, 0.2) is 0 Å². The molecule has 1 heterocycles. The second kappa shape index (κ2) is 8.58. The van der Waals surface area contributed by atoms with Crippen LogP contribution in [0.25, 0.3) is 0 Å². The SMILES string of the molecule is Cc1ccc(CC2(C)NC(=O)C(C(=O)Nc3ccc(C4CCCCC4)cc3)=C2O)cc1. The zero-order valence-electron chi connectivity index (χ0n) is 18.2. The summed E-state index contributed by atoms with van der Waals surface area (Å²) in [7, 11) is 0. The van der Waals surface area contributed by atoms with Gasteiger partial charge in [-0.3, -0.25) is 9.59 Å². The van der Waals surface area contributed by atoms with Crippen LogP contribution in [0.3, 0.4) is 0 Å². The Morgan fingerprint density at radius 3 is 2.35 bits per heavy atom. The monoisotopic (exact) mass is 418 g/mol. The van der Waals surface area contributed by atoms with Gasteiger partial charge < -0.3 is 15.7 Å². The zero-order valence-corrected chi connectivity index (χ0v) is 18.2. The van der Waals surface area contributed by atoms with Crippen molar-refractivity contribution in [2.45, 2.75) is 63.8 Å². The summed E-state index contributed by atoms with van der Waals surface area (Å²) in [6, 6.07) is 15.8. The van der Waals surface area contributed by atoms with Crippen molar-refractivity contribution >= 4 is 17.5 Å². The van der Waals surface area contributed by atoms with E-state index in [1.807, 2.05) is 43.3 Å². The molecule has 0 spiro atoms. The van der Waals surface area contributed by atoms with E-state index in [1.54, 1.807) is 6.92 Å². The summed E-state index contributed by atoms with van der Waals surface area (Å²) in [5.74, 6) is -0.765. The highest BCUT2D eigenvalue weighted by Gasteiger charge is 2.44. The van der Waals surface area contributed by atoms with Crippen molar-refractivity contribution in [2.75, 3.05) is 5.32 Å². The number of anilines is 1. The van der Waals surface area contributed by atoms with Crippen molar-refractivity contribution in [3.8, 4) is 0 Å². The van der Waals surface area contributed by atoms with Gasteiger partial charge in [-0.1, -0.05) is 61.2 Å². The fourth-order valence-electron chi connectivity index (χ4n) is 4.68. The quantitative estimate of drug-likeness (QED) is 0.603. The van der Waals surface area contributed by atoms with Gasteiger partial charge in [-0.05, 0) is 55.9 Å². The molecule has 0 radical (unpaired) electrons. The summed E-state index contributed by atoms with van der Waals surface area (Å²) in [6.07, 6.45) is 6.68. The number of aliphatic hydroxyl groups excluding tert-OH is 1. The van der Waals surface area contributed by atoms with Crippen LogP contribution in [0.15, 0.2) is 59.9 Å². The number of aliphatic hydroxyl groups is 1. The molecule has 1 atom stereocenters. The number of hydrogen-bond donors (Lipinski definition) is 3. The van der Waals surface area contributed by atoms with Crippen molar-refractivity contribution in [3.05, 3.63) is 76.6 Å². The molecule has 2 aromatic rings. The highest BCUT2D eigenvalue weighted by Crippen LogP contribution is 2.33. The van der Waals surface area contributed by atoms with Gasteiger partial charge in [0.05, 0.1) is 5.54 Å². The molecule has 0 bridgehead atoms. The van der Waals surface area contributed by atoms with Crippen molar-refractivity contribution in [1.82, 2.24) is 5.32 Å². The topological polar surface area (TPSA) is 78.4 Å². The molecular weight excluding hydrogens is 388 g/mol. The molecule has 31 heavy (non-hydrogen) atoms. The number of hydrogen-bond acceptors (Lipinski definition) is 3. The van der Waals surface area contributed by atoms with Crippen LogP contribution >= 0.6 is 0 Å². The maximum absolute atomic E-state index is 12.8. The molecule has 1 unspecified atom stereocenters. The van der Waals surface area contributed by atoms with Crippen LogP contribution < -0.4 is 10.6 Å². The van der Waals surface area contributed by atoms with Gasteiger partial charge >= 0.3 is 0 Å². The number of amides is 2. The molecule has 1 fully saturated rings. The van der Waals surface area contributed by atoms with Gasteiger partial charge in [-0.25, -0.2) is 0 Å². The number of benzene rings is 2. The minimum Gasteiger partial charge on any atom is -0.509 e. The number of nitrogens with one attached hydrogen (secondary N) is 2. The van der Waals surface area contributed by atoms with Gasteiger partial charge in [0, 0.05) is 12.1 Å². The molecular formula is C26H30N2O3. The van der Waals surface area contributed by atoms with Crippen molar-refractivity contribution < 1.29 is 14.7 Å². The first-order chi connectivity index (χ1) is 14.9. The second-order valence-corrected chi connectivity index (χ2v) is 9.08. The molecule has 162 valence electrons. The highest BCUT2D eigenvalue weighted by molar-refractivity contribution is 6.24. The predicted octanol–water partition coefficient (Wildman–Crippen LogP) is 4.92. The smallest absolute Gasteiger partial charge is 0.264 e. The van der Waals surface area contributed by atoms with Gasteiger partial charge in [0.2, 0.25) is 0 Å². The first-order valence-corrected chi connectivity index (χ1v) is 11.1. The molecule has 2 aromatic carbocycles. The predicted molar refractivity (Wildman–Crippen MR) is 122 cm³/mol. The average Bonchev–Trinajstić information content (AvgIpc) is 2.99. The standard InChI is InChI=1S/C26H30N2O3/c1-17-8-10-18(11-9-17)16-26(2)23(29)22(25(31)28-26)24(30)27-21-14-12-20(13-15-21)19-6-4-3-5-7-19/h8-15,19,29H,3-7,16H2,1-2H3,(H,27,30)(H,28,31). The van der Waals surface area contributed by atoms with Crippen LogP contribution in [0.2, 0.25) is 0 Å². The second-order valence-electron chi connectivity index (χ2n) is 9.08. The van der Waals surface area contributed by atoms with E-state index < -0.39 is 17.4 Å². The summed E-state index contributed by atoms with van der Waals surface area (Å²) in [5, 5.41) is 16.3. The number of aryl methyl sites for hydroxylation is 1. The van der Waals surface area contributed by atoms with E-state index >= 15 is 0 Å². The summed E-state index contributed by atoms with van der Waals surface area (Å²) in [5.41, 5.74) is 2.79. The molecule has 2 aliphatic rings. The van der Waals surface area contributed by atoms with E-state index in [0.29, 0.717) is 18.0 Å². The summed E-state index contributed by atoms with van der Waals surface area (Å²) >= 11 is 0. The van der Waals surface area contributed by atoms with E-state index in [4.69, 9.17) is 0 Å². The fourth-order valence-corrected chi connectivity index (χ4v) is 4.68. The third-order valence-electron chi connectivity index (χ3n) is 6.53. The Kier molecular flexibility index (Phi) is 5.86. The number of rotatable bonds is 5. The zero-order chi connectivity index (χ0) is 22.0. The van der Waals surface area contributed by atoms with Crippen LogP contribution in [-0.2, 0) is 16.0 Å². The molecule has 1 aliphatic heterocycles. The Hall–Kier alpha value is -3.08. The molecule has 5 nitrogen and oxygen atoms in total. The Labute approximate surface area is 183 Å². The first kappa shape index (κ1) is 21.2. The molecule has 1 saturated carbocycles. The lowest BCUT2D eigenvalue weighted by atomic mass is 9.84. The minimum atomic E-state index is -1.01. The molecule has 0 saturated heterocycles. The molecule has 2 amide bonds. The lowest BCUT2D eigenvalue weighted by molar-refractivity contribution is -0.121. The summed E-state index contributed by atoms with van der Waals surface area (Å²) < 4.78 is 0. The maximum Gasteiger partial charge on any atom is 0.264 e. The lowest BCUT2D eigenvalue weighted by Gasteiger charge is -2.24. The van der Waals surface area contributed by atoms with Gasteiger partial charge in [0.25, 0.3) is 11.8 Å². The van der Waals surface area contributed by atoms with Crippen molar-refractivity contribution in [2.24, 2.45) is 0 Å². The third-order valence-corrected chi connectivity index (χ3v) is 6.53. The van der Waals surface area contributed by atoms with E-state index in [9.17, 15) is 14.7 Å². The van der Waals surface area contributed by atoms with Crippen LogP contribution in [0.4, 0.5) is 5.69 Å². The minimum absolute atomic E-state index is 0.214. The molecule has 5 heteroatoms. The van der Waals surface area contributed by atoms with Crippen LogP contribution in [0.5, 0.6) is 0 Å². The van der Waals surface area contributed by atoms with E-state index in [-0.39, 0.29) is 11.3 Å². The van der Waals surface area contributed by atoms with Crippen molar-refractivity contribution in [3.63, 3.8) is 0 Å². The van der Waals surface area contributed by atoms with Gasteiger partial charge in [0.1, 0.15) is 11.3 Å². The Morgan fingerprint density at radius 2 is 1.71 bits per heavy atom. The normalized spacial score (nSPS) is 21.8. The first-order valence-electron chi connectivity index (χ1n) is 11.1. The van der Waals surface area contributed by atoms with Crippen LogP contribution in [0, 0.1) is 6.92 Å². The number of carbonyl (C=O) groups is 2. The van der Waals surface area contributed by atoms with E-state index in [1.165, 1.54) is 37.7 Å².